The van der Waals surface area contributed by atoms with E-state index in [9.17, 15) is 18.0 Å². The van der Waals surface area contributed by atoms with Crippen molar-refractivity contribution in [2.24, 2.45) is 0 Å². The predicted molar refractivity (Wildman–Crippen MR) is 129 cm³/mol. The van der Waals surface area contributed by atoms with Gasteiger partial charge in [0.15, 0.2) is 0 Å². The molecule has 1 fully saturated rings. The number of amides is 2. The summed E-state index contributed by atoms with van der Waals surface area (Å²) in [6.45, 7) is 2.32. The molecule has 1 aliphatic rings. The number of nitrogens with one attached hydrogen (secondary N) is 2. The lowest BCUT2D eigenvalue weighted by atomic mass is 10.0. The fourth-order valence-corrected chi connectivity index (χ4v) is 4.81. The molecule has 34 heavy (non-hydrogen) atoms. The van der Waals surface area contributed by atoms with Gasteiger partial charge in [0.1, 0.15) is 5.75 Å². The van der Waals surface area contributed by atoms with Crippen LogP contribution in [0.1, 0.15) is 28.8 Å². The van der Waals surface area contributed by atoms with Crippen LogP contribution >= 0.6 is 0 Å². The van der Waals surface area contributed by atoms with E-state index >= 15 is 0 Å². The number of hydrogen-bond acceptors (Lipinski definition) is 6. The highest BCUT2D eigenvalue weighted by Crippen LogP contribution is 2.21. The maximum Gasteiger partial charge on any atom is 0.251 e. The van der Waals surface area contributed by atoms with Gasteiger partial charge in [-0.2, -0.15) is 0 Å². The Morgan fingerprint density at radius 3 is 2.47 bits per heavy atom. The van der Waals surface area contributed by atoms with E-state index in [1.165, 1.54) is 38.4 Å². The summed E-state index contributed by atoms with van der Waals surface area (Å²) in [5.41, 5.74) is 1.32. The van der Waals surface area contributed by atoms with Crippen LogP contribution in [0.2, 0.25) is 0 Å². The lowest BCUT2D eigenvalue weighted by molar-refractivity contribution is -0.121. The smallest absolute Gasteiger partial charge is 0.251 e. The van der Waals surface area contributed by atoms with Crippen LogP contribution in [0.15, 0.2) is 53.4 Å². The molecular weight excluding hydrogens is 456 g/mol. The minimum atomic E-state index is -3.65. The van der Waals surface area contributed by atoms with Gasteiger partial charge >= 0.3 is 0 Å². The third-order valence-electron chi connectivity index (χ3n) is 5.82. The monoisotopic (exact) mass is 488 g/mol. The van der Waals surface area contributed by atoms with Crippen molar-refractivity contribution >= 4 is 21.8 Å². The molecule has 2 amide bonds. The number of ether oxygens (including phenoxy) is 1. The van der Waals surface area contributed by atoms with E-state index in [4.69, 9.17) is 4.74 Å². The van der Waals surface area contributed by atoms with E-state index in [2.05, 4.69) is 21.6 Å². The molecule has 184 valence electrons. The van der Waals surface area contributed by atoms with Crippen molar-refractivity contribution in [3.05, 3.63) is 59.7 Å². The van der Waals surface area contributed by atoms with Gasteiger partial charge in [-0.3, -0.25) is 14.5 Å². The zero-order valence-corrected chi connectivity index (χ0v) is 20.6. The molecule has 0 bridgehead atoms. The minimum Gasteiger partial charge on any atom is -0.496 e. The highest BCUT2D eigenvalue weighted by Gasteiger charge is 2.22. The normalized spacial score (nSPS) is 15.2. The van der Waals surface area contributed by atoms with Crippen LogP contribution in [0.5, 0.6) is 5.75 Å². The summed E-state index contributed by atoms with van der Waals surface area (Å²) < 4.78 is 31.0. The molecule has 0 spiro atoms. The summed E-state index contributed by atoms with van der Waals surface area (Å²) in [4.78, 5) is 27.2. The SMILES string of the molecule is COc1ccccc1CN1CCC(NC(=O)CNC(=O)c2cccc(S(=O)(=O)N(C)C)c2)CC1. The van der Waals surface area contributed by atoms with Crippen molar-refractivity contribution in [1.82, 2.24) is 19.8 Å². The molecule has 0 saturated carbocycles. The second-order valence-corrected chi connectivity index (χ2v) is 10.6. The van der Waals surface area contributed by atoms with Crippen molar-refractivity contribution in [2.45, 2.75) is 30.3 Å². The summed E-state index contributed by atoms with van der Waals surface area (Å²) in [5, 5.41) is 5.54. The molecule has 2 N–H and O–H groups in total. The molecule has 1 aliphatic heterocycles. The average Bonchev–Trinajstić information content (AvgIpc) is 2.84. The highest BCUT2D eigenvalue weighted by molar-refractivity contribution is 7.89. The Morgan fingerprint density at radius 2 is 1.79 bits per heavy atom. The first-order valence-corrected chi connectivity index (χ1v) is 12.6. The van der Waals surface area contributed by atoms with Gasteiger partial charge in [-0.05, 0) is 37.1 Å². The Morgan fingerprint density at radius 1 is 1.09 bits per heavy atom. The molecule has 3 rings (SSSR count). The fourth-order valence-electron chi connectivity index (χ4n) is 3.86. The third kappa shape index (κ3) is 6.55. The maximum absolute atomic E-state index is 12.4. The van der Waals surface area contributed by atoms with E-state index in [-0.39, 0.29) is 29.0 Å². The number of para-hydroxylation sites is 1. The molecule has 0 radical (unpaired) electrons. The maximum atomic E-state index is 12.4. The molecule has 0 aliphatic carbocycles. The van der Waals surface area contributed by atoms with Crippen molar-refractivity contribution in [3.63, 3.8) is 0 Å². The number of piperidine rings is 1. The number of carbonyl (C=O) groups excluding carboxylic acids is 2. The molecule has 10 heteroatoms. The van der Waals surface area contributed by atoms with Gasteiger partial charge in [0.2, 0.25) is 15.9 Å². The summed E-state index contributed by atoms with van der Waals surface area (Å²) in [6, 6.07) is 13.8. The average molecular weight is 489 g/mol. The lowest BCUT2D eigenvalue weighted by Crippen LogP contribution is -2.47. The van der Waals surface area contributed by atoms with Gasteiger partial charge < -0.3 is 15.4 Å². The van der Waals surface area contributed by atoms with E-state index in [0.29, 0.717) is 0 Å². The molecule has 9 nitrogen and oxygen atoms in total. The number of rotatable bonds is 9. The predicted octanol–water partition coefficient (Wildman–Crippen LogP) is 1.46. The van der Waals surface area contributed by atoms with Gasteiger partial charge in [0.05, 0.1) is 18.6 Å². The number of sulfonamides is 1. The summed E-state index contributed by atoms with van der Waals surface area (Å²) in [5.74, 6) is 0.102. The highest BCUT2D eigenvalue weighted by atomic mass is 32.2. The summed E-state index contributed by atoms with van der Waals surface area (Å²) in [6.07, 6.45) is 1.64. The minimum absolute atomic E-state index is 0.0227. The van der Waals surface area contributed by atoms with Crippen LogP contribution in [0.3, 0.4) is 0 Å². The van der Waals surface area contributed by atoms with Crippen LogP contribution in [0.4, 0.5) is 0 Å². The Kier molecular flexibility index (Phi) is 8.65. The number of likely N-dealkylation sites (tertiary alicyclic amines) is 1. The first-order chi connectivity index (χ1) is 16.2. The zero-order valence-electron chi connectivity index (χ0n) is 19.8. The van der Waals surface area contributed by atoms with E-state index in [1.807, 2.05) is 18.2 Å². The largest absolute Gasteiger partial charge is 0.496 e. The van der Waals surface area contributed by atoms with Crippen molar-refractivity contribution in [2.75, 3.05) is 40.8 Å². The lowest BCUT2D eigenvalue weighted by Gasteiger charge is -2.32. The standard InChI is InChI=1S/C24H32N4O5S/c1-27(2)34(31,32)21-9-6-8-18(15-21)24(30)25-16-23(29)26-20-11-13-28(14-12-20)17-19-7-4-5-10-22(19)33-3/h4-10,15,20H,11-14,16-17H2,1-3H3,(H,25,30)(H,26,29). The van der Waals surface area contributed by atoms with Gasteiger partial charge in [-0.25, -0.2) is 12.7 Å². The third-order valence-corrected chi connectivity index (χ3v) is 7.63. The van der Waals surface area contributed by atoms with Gasteiger partial charge in [0, 0.05) is 50.9 Å². The van der Waals surface area contributed by atoms with Crippen LogP contribution < -0.4 is 15.4 Å². The van der Waals surface area contributed by atoms with Gasteiger partial charge in [-0.1, -0.05) is 24.3 Å². The Labute approximate surface area is 201 Å². The Balaban J connectivity index is 1.45. The van der Waals surface area contributed by atoms with E-state index in [1.54, 1.807) is 7.11 Å². The van der Waals surface area contributed by atoms with Gasteiger partial charge in [0.25, 0.3) is 5.91 Å². The summed E-state index contributed by atoms with van der Waals surface area (Å²) >= 11 is 0. The molecule has 1 saturated heterocycles. The molecule has 2 aromatic carbocycles. The van der Waals surface area contributed by atoms with Crippen molar-refractivity contribution in [1.29, 1.82) is 0 Å². The number of carbonyl (C=O) groups is 2. The topological polar surface area (TPSA) is 108 Å². The van der Waals surface area contributed by atoms with Crippen LogP contribution in [0.25, 0.3) is 0 Å². The quantitative estimate of drug-likeness (QED) is 0.553. The van der Waals surface area contributed by atoms with Crippen LogP contribution in [0, 0.1) is 0 Å². The Hall–Kier alpha value is -2.95. The number of benzene rings is 2. The molecular formula is C24H32N4O5S. The van der Waals surface area contributed by atoms with E-state index in [0.717, 1.165) is 48.1 Å². The van der Waals surface area contributed by atoms with Crippen LogP contribution in [-0.2, 0) is 21.4 Å². The molecule has 0 aromatic heterocycles. The van der Waals surface area contributed by atoms with Crippen molar-refractivity contribution in [3.8, 4) is 5.75 Å². The van der Waals surface area contributed by atoms with Crippen LogP contribution in [-0.4, -0.2) is 76.3 Å². The number of methoxy groups -OCH3 is 1. The van der Waals surface area contributed by atoms with E-state index < -0.39 is 15.9 Å². The second-order valence-electron chi connectivity index (χ2n) is 8.43. The Bertz CT molecular complexity index is 1110. The first kappa shape index (κ1) is 25.7. The molecule has 0 unspecified atom stereocenters. The zero-order chi connectivity index (χ0) is 24.7. The fraction of sp³-hybridized carbons (Fsp3) is 0.417. The first-order valence-electron chi connectivity index (χ1n) is 11.1. The number of nitrogens with zero attached hydrogens (tertiary/aromatic N) is 2. The number of hydrogen-bond donors (Lipinski definition) is 2. The molecule has 2 aromatic rings. The van der Waals surface area contributed by atoms with Crippen molar-refractivity contribution < 1.29 is 22.7 Å². The van der Waals surface area contributed by atoms with Gasteiger partial charge in [-0.15, -0.1) is 0 Å². The second kappa shape index (κ2) is 11.5. The molecule has 1 heterocycles. The summed E-state index contributed by atoms with van der Waals surface area (Å²) in [7, 11) is 0.872. The molecule has 0 atom stereocenters.